The predicted octanol–water partition coefficient (Wildman–Crippen LogP) is 4.03. The number of nitrogens with one attached hydrogen (secondary N) is 1. The minimum absolute atomic E-state index is 0.0469. The first-order valence-corrected chi connectivity index (χ1v) is 9.20. The molecule has 3 rings (SSSR count). The lowest BCUT2D eigenvalue weighted by Crippen LogP contribution is -2.27. The van der Waals surface area contributed by atoms with Crippen molar-refractivity contribution in [1.29, 1.82) is 0 Å². The molecule has 156 valence electrons. The molecule has 1 amide bonds. The molecule has 0 aliphatic heterocycles. The molecule has 8 heteroatoms. The number of nitro groups is 1. The average Bonchev–Trinajstić information content (AvgIpc) is 2.78. The van der Waals surface area contributed by atoms with Gasteiger partial charge < -0.3 is 15.2 Å². The van der Waals surface area contributed by atoms with Gasteiger partial charge in [0, 0.05) is 23.3 Å². The van der Waals surface area contributed by atoms with Crippen LogP contribution in [0.5, 0.6) is 5.75 Å². The normalized spacial score (nSPS) is 10.9. The molecule has 0 unspecified atom stereocenters. The molecule has 2 N–H and O–H groups in total. The number of rotatable bonds is 8. The zero-order chi connectivity index (χ0) is 22.2. The molecule has 3 aromatic carbocycles. The fourth-order valence-corrected chi connectivity index (χ4v) is 2.74. The van der Waals surface area contributed by atoms with E-state index in [2.05, 4.69) is 5.32 Å². The van der Waals surface area contributed by atoms with Crippen molar-refractivity contribution < 1.29 is 24.4 Å². The molecule has 0 heterocycles. The van der Waals surface area contributed by atoms with Gasteiger partial charge in [-0.3, -0.25) is 14.9 Å². The molecule has 3 aromatic rings. The van der Waals surface area contributed by atoms with Gasteiger partial charge in [-0.25, -0.2) is 4.79 Å². The molecule has 8 nitrogen and oxygen atoms in total. The second-order valence-corrected chi connectivity index (χ2v) is 6.44. The predicted molar refractivity (Wildman–Crippen MR) is 113 cm³/mol. The molecule has 31 heavy (non-hydrogen) atoms. The maximum atomic E-state index is 12.3. The van der Waals surface area contributed by atoms with Crippen molar-refractivity contribution in [3.8, 4) is 5.75 Å². The third-order valence-corrected chi connectivity index (χ3v) is 4.25. The number of benzene rings is 3. The van der Waals surface area contributed by atoms with Crippen molar-refractivity contribution in [2.45, 2.75) is 6.61 Å². The molecule has 0 fully saturated rings. The van der Waals surface area contributed by atoms with E-state index in [1.54, 1.807) is 66.7 Å². The highest BCUT2D eigenvalue weighted by Crippen LogP contribution is 2.23. The van der Waals surface area contributed by atoms with Gasteiger partial charge in [-0.05, 0) is 29.8 Å². The van der Waals surface area contributed by atoms with E-state index in [4.69, 9.17) is 4.74 Å². The van der Waals surface area contributed by atoms with Crippen molar-refractivity contribution in [3.63, 3.8) is 0 Å². The lowest BCUT2D eigenvalue weighted by atomic mass is 10.1. The minimum atomic E-state index is -1.31. The Kier molecular flexibility index (Phi) is 6.74. The van der Waals surface area contributed by atoms with E-state index in [1.807, 2.05) is 0 Å². The molecule has 0 spiro atoms. The van der Waals surface area contributed by atoms with Gasteiger partial charge in [0.2, 0.25) is 0 Å². The van der Waals surface area contributed by atoms with Crippen LogP contribution in [-0.4, -0.2) is 21.9 Å². The largest absolute Gasteiger partial charge is 0.488 e. The molecule has 0 saturated carbocycles. The highest BCUT2D eigenvalue weighted by Gasteiger charge is 2.14. The second-order valence-electron chi connectivity index (χ2n) is 6.44. The fraction of sp³-hybridized carbons (Fsp3) is 0.0435. The molecule has 0 atom stereocenters. The molecule has 0 bridgehead atoms. The van der Waals surface area contributed by atoms with Crippen LogP contribution in [0.1, 0.15) is 21.5 Å². The Balaban J connectivity index is 1.81. The monoisotopic (exact) mass is 418 g/mol. The van der Waals surface area contributed by atoms with Gasteiger partial charge in [0.05, 0.1) is 4.92 Å². The van der Waals surface area contributed by atoms with Gasteiger partial charge in [0.1, 0.15) is 18.1 Å². The summed E-state index contributed by atoms with van der Waals surface area (Å²) in [5.74, 6) is -1.50. The van der Waals surface area contributed by atoms with Crippen LogP contribution < -0.4 is 10.1 Å². The van der Waals surface area contributed by atoms with Crippen molar-refractivity contribution >= 4 is 23.6 Å². The van der Waals surface area contributed by atoms with Gasteiger partial charge in [0.15, 0.2) is 0 Å². The van der Waals surface area contributed by atoms with E-state index in [-0.39, 0.29) is 18.0 Å². The first-order chi connectivity index (χ1) is 14.9. The number of carboxylic acid groups (broad SMARTS) is 1. The number of hydrogen-bond acceptors (Lipinski definition) is 5. The van der Waals surface area contributed by atoms with E-state index < -0.39 is 16.8 Å². The molecule has 0 saturated heterocycles. The maximum absolute atomic E-state index is 12.3. The number of carbonyl (C=O) groups is 2. The number of hydrogen-bond donors (Lipinski definition) is 2. The zero-order valence-electron chi connectivity index (χ0n) is 16.2. The number of carboxylic acids is 1. The first-order valence-electron chi connectivity index (χ1n) is 9.20. The summed E-state index contributed by atoms with van der Waals surface area (Å²) in [6.07, 6.45) is 1.30. The average molecular weight is 418 g/mol. The highest BCUT2D eigenvalue weighted by atomic mass is 16.6. The van der Waals surface area contributed by atoms with Crippen molar-refractivity contribution in [3.05, 3.63) is 111 Å². The van der Waals surface area contributed by atoms with Crippen LogP contribution in [0, 0.1) is 10.1 Å². The van der Waals surface area contributed by atoms with Crippen LogP contribution in [0.4, 0.5) is 5.69 Å². The lowest BCUT2D eigenvalue weighted by Gasteiger charge is -2.11. The maximum Gasteiger partial charge on any atom is 0.352 e. The Morgan fingerprint density at radius 1 is 1.00 bits per heavy atom. The molecule has 0 aromatic heterocycles. The van der Waals surface area contributed by atoms with Crippen molar-refractivity contribution in [2.75, 3.05) is 0 Å². The van der Waals surface area contributed by atoms with E-state index in [9.17, 15) is 24.8 Å². The van der Waals surface area contributed by atoms with Crippen molar-refractivity contribution in [2.24, 2.45) is 0 Å². The van der Waals surface area contributed by atoms with E-state index >= 15 is 0 Å². The smallest absolute Gasteiger partial charge is 0.352 e. The van der Waals surface area contributed by atoms with Crippen LogP contribution in [0.25, 0.3) is 6.08 Å². The summed E-state index contributed by atoms with van der Waals surface area (Å²) in [6, 6.07) is 21.0. The number of nitro benzene ring substituents is 1. The Labute approximate surface area is 177 Å². The van der Waals surface area contributed by atoms with Gasteiger partial charge in [-0.2, -0.15) is 0 Å². The Hall–Kier alpha value is -4.46. The molecule has 0 aliphatic carbocycles. The van der Waals surface area contributed by atoms with Crippen LogP contribution in [0.15, 0.2) is 84.6 Å². The van der Waals surface area contributed by atoms with Gasteiger partial charge in [-0.15, -0.1) is 0 Å². The number of ether oxygens (including phenoxy) is 1. The van der Waals surface area contributed by atoms with Crippen LogP contribution >= 0.6 is 0 Å². The Morgan fingerprint density at radius 3 is 2.42 bits per heavy atom. The lowest BCUT2D eigenvalue weighted by molar-refractivity contribution is -0.384. The fourth-order valence-electron chi connectivity index (χ4n) is 2.74. The summed E-state index contributed by atoms with van der Waals surface area (Å²) in [5, 5.41) is 22.8. The van der Waals surface area contributed by atoms with Gasteiger partial charge >= 0.3 is 5.97 Å². The Bertz CT molecular complexity index is 1140. The number of non-ortho nitro benzene ring substituents is 1. The van der Waals surface area contributed by atoms with Crippen LogP contribution in [0.2, 0.25) is 0 Å². The standard InChI is InChI=1S/C23H18N2O6/c26-22(17-8-2-1-3-9-17)24-20(23(27)28)14-18-10-4-5-12-21(18)31-15-16-7-6-11-19(13-16)25(29)30/h1-14H,15H2,(H,24,26)(H,27,28)/b20-14+. The number of aliphatic carboxylic acids is 1. The van der Waals surface area contributed by atoms with Gasteiger partial charge in [0.25, 0.3) is 11.6 Å². The topological polar surface area (TPSA) is 119 Å². The molecule has 0 aliphatic rings. The van der Waals surface area contributed by atoms with E-state index in [1.165, 1.54) is 18.2 Å². The summed E-state index contributed by atoms with van der Waals surface area (Å²) >= 11 is 0. The molecular weight excluding hydrogens is 400 g/mol. The number of nitrogens with zero attached hydrogens (tertiary/aromatic N) is 1. The summed E-state index contributed by atoms with van der Waals surface area (Å²) in [4.78, 5) is 34.4. The molecular formula is C23H18N2O6. The minimum Gasteiger partial charge on any atom is -0.488 e. The first kappa shape index (κ1) is 21.3. The van der Waals surface area contributed by atoms with Crippen molar-refractivity contribution in [1.82, 2.24) is 5.32 Å². The van der Waals surface area contributed by atoms with Gasteiger partial charge in [-0.1, -0.05) is 48.5 Å². The quantitative estimate of drug-likeness (QED) is 0.324. The zero-order valence-corrected chi connectivity index (χ0v) is 16.2. The third-order valence-electron chi connectivity index (χ3n) is 4.25. The second kappa shape index (κ2) is 9.84. The SMILES string of the molecule is O=C(O)/C(=C\c1ccccc1OCc1cccc([N+](=O)[O-])c1)NC(=O)c1ccccc1. The third kappa shape index (κ3) is 5.77. The van der Waals surface area contributed by atoms with E-state index in [0.29, 0.717) is 22.4 Å². The number of amides is 1. The Morgan fingerprint density at radius 2 is 1.71 bits per heavy atom. The van der Waals surface area contributed by atoms with E-state index in [0.717, 1.165) is 0 Å². The molecule has 0 radical (unpaired) electrons. The number of carbonyl (C=O) groups excluding carboxylic acids is 1. The highest BCUT2D eigenvalue weighted by molar-refractivity contribution is 6.02. The summed E-state index contributed by atoms with van der Waals surface area (Å²) in [5.41, 5.74) is 0.971. The summed E-state index contributed by atoms with van der Waals surface area (Å²) < 4.78 is 5.76. The van der Waals surface area contributed by atoms with Crippen LogP contribution in [0.3, 0.4) is 0 Å². The summed E-state index contributed by atoms with van der Waals surface area (Å²) in [6.45, 7) is 0.0469. The van der Waals surface area contributed by atoms with Crippen LogP contribution in [-0.2, 0) is 11.4 Å². The number of para-hydroxylation sites is 1. The summed E-state index contributed by atoms with van der Waals surface area (Å²) in [7, 11) is 0.